The van der Waals surface area contributed by atoms with Crippen LogP contribution >= 0.6 is 0 Å². The standard InChI is InChI=1S/C21H35NO3Si/c1-20(2,3)17-11-9-16(10-12-17)19(24)22-18(13-14-23)15-25-26(7,8)21(4,5)6/h9-12,14,18H,13,15H2,1-8H3,(H,22,24)/t18-/m1/s1. The first-order chi connectivity index (χ1) is 11.8. The van der Waals surface area contributed by atoms with Crippen molar-refractivity contribution in [1.29, 1.82) is 0 Å². The third kappa shape index (κ3) is 6.36. The van der Waals surface area contributed by atoms with Gasteiger partial charge in [0.1, 0.15) is 6.29 Å². The lowest BCUT2D eigenvalue weighted by Gasteiger charge is -2.37. The van der Waals surface area contributed by atoms with Crippen LogP contribution in [-0.2, 0) is 14.6 Å². The van der Waals surface area contributed by atoms with Gasteiger partial charge in [-0.15, -0.1) is 0 Å². The highest BCUT2D eigenvalue weighted by Crippen LogP contribution is 2.36. The van der Waals surface area contributed by atoms with E-state index >= 15 is 0 Å². The van der Waals surface area contributed by atoms with Gasteiger partial charge in [0.15, 0.2) is 8.32 Å². The maximum atomic E-state index is 12.5. The van der Waals surface area contributed by atoms with Gasteiger partial charge in [-0.3, -0.25) is 4.79 Å². The lowest BCUT2D eigenvalue weighted by molar-refractivity contribution is -0.108. The average Bonchev–Trinajstić information content (AvgIpc) is 2.51. The molecule has 0 fully saturated rings. The van der Waals surface area contributed by atoms with E-state index in [4.69, 9.17) is 4.43 Å². The van der Waals surface area contributed by atoms with Gasteiger partial charge in [0, 0.05) is 12.0 Å². The Morgan fingerprint density at radius 3 is 2.08 bits per heavy atom. The summed E-state index contributed by atoms with van der Waals surface area (Å²) in [7, 11) is -1.92. The number of nitrogens with one attached hydrogen (secondary N) is 1. The fourth-order valence-electron chi connectivity index (χ4n) is 2.20. The van der Waals surface area contributed by atoms with Crippen molar-refractivity contribution in [3.63, 3.8) is 0 Å². The molecule has 0 heterocycles. The first-order valence-corrected chi connectivity index (χ1v) is 12.2. The van der Waals surface area contributed by atoms with Crippen LogP contribution in [0.2, 0.25) is 18.1 Å². The third-order valence-electron chi connectivity index (χ3n) is 5.18. The average molecular weight is 378 g/mol. The quantitative estimate of drug-likeness (QED) is 0.554. The Morgan fingerprint density at radius 2 is 1.65 bits per heavy atom. The van der Waals surface area contributed by atoms with Crippen LogP contribution in [0, 0.1) is 0 Å². The summed E-state index contributed by atoms with van der Waals surface area (Å²) < 4.78 is 6.17. The molecule has 0 aliphatic carbocycles. The van der Waals surface area contributed by atoms with Crippen molar-refractivity contribution in [3.8, 4) is 0 Å². The second-order valence-corrected chi connectivity index (χ2v) is 14.3. The van der Waals surface area contributed by atoms with E-state index in [9.17, 15) is 9.59 Å². The zero-order valence-electron chi connectivity index (χ0n) is 17.6. The number of benzene rings is 1. The van der Waals surface area contributed by atoms with Crippen LogP contribution in [0.4, 0.5) is 0 Å². The SMILES string of the molecule is CC(C)(C)c1ccc(C(=O)N[C@H](CC=O)CO[Si](C)(C)C(C)(C)C)cc1. The summed E-state index contributed by atoms with van der Waals surface area (Å²) in [6.45, 7) is 17.6. The van der Waals surface area contributed by atoms with Crippen molar-refractivity contribution in [1.82, 2.24) is 5.32 Å². The van der Waals surface area contributed by atoms with E-state index in [0.29, 0.717) is 12.2 Å². The van der Waals surface area contributed by atoms with Crippen molar-refractivity contribution >= 4 is 20.5 Å². The first-order valence-electron chi connectivity index (χ1n) is 9.27. The highest BCUT2D eigenvalue weighted by molar-refractivity contribution is 6.74. The van der Waals surface area contributed by atoms with Gasteiger partial charge in [-0.25, -0.2) is 0 Å². The number of carbonyl (C=O) groups excluding carboxylic acids is 2. The molecule has 1 atom stereocenters. The predicted molar refractivity (Wildman–Crippen MR) is 110 cm³/mol. The minimum Gasteiger partial charge on any atom is -0.415 e. The minimum absolute atomic E-state index is 0.0477. The van der Waals surface area contributed by atoms with E-state index in [-0.39, 0.29) is 28.8 Å². The van der Waals surface area contributed by atoms with Gasteiger partial charge in [0.2, 0.25) is 0 Å². The van der Waals surface area contributed by atoms with Crippen LogP contribution < -0.4 is 5.32 Å². The van der Waals surface area contributed by atoms with E-state index in [2.05, 4.69) is 60.0 Å². The molecular formula is C21H35NO3Si. The predicted octanol–water partition coefficient (Wildman–Crippen LogP) is 4.69. The molecule has 1 N–H and O–H groups in total. The van der Waals surface area contributed by atoms with Crippen molar-refractivity contribution in [2.24, 2.45) is 0 Å². The van der Waals surface area contributed by atoms with Gasteiger partial charge in [0.25, 0.3) is 5.91 Å². The first kappa shape index (κ1) is 22.6. The van der Waals surface area contributed by atoms with Crippen molar-refractivity contribution in [2.75, 3.05) is 6.61 Å². The number of hydrogen-bond donors (Lipinski definition) is 1. The zero-order chi connectivity index (χ0) is 20.2. The summed E-state index contributed by atoms with van der Waals surface area (Å²) in [5, 5.41) is 3.03. The van der Waals surface area contributed by atoms with E-state index in [1.807, 2.05) is 24.3 Å². The summed E-state index contributed by atoms with van der Waals surface area (Å²) in [4.78, 5) is 23.6. The molecule has 0 unspecified atom stereocenters. The van der Waals surface area contributed by atoms with Gasteiger partial charge < -0.3 is 14.5 Å². The Bertz CT molecular complexity index is 610. The molecule has 1 rings (SSSR count). The van der Waals surface area contributed by atoms with Crippen molar-refractivity contribution in [2.45, 2.75) is 77.6 Å². The molecule has 0 aliphatic heterocycles. The lowest BCUT2D eigenvalue weighted by atomic mass is 9.86. The number of rotatable bonds is 7. The molecule has 0 bridgehead atoms. The molecule has 0 aromatic heterocycles. The maximum Gasteiger partial charge on any atom is 0.251 e. The number of hydrogen-bond acceptors (Lipinski definition) is 3. The smallest absolute Gasteiger partial charge is 0.251 e. The highest BCUT2D eigenvalue weighted by Gasteiger charge is 2.37. The summed E-state index contributed by atoms with van der Waals surface area (Å²) >= 11 is 0. The van der Waals surface area contributed by atoms with Gasteiger partial charge in [-0.2, -0.15) is 0 Å². The summed E-state index contributed by atoms with van der Waals surface area (Å²) in [6, 6.07) is 7.33. The van der Waals surface area contributed by atoms with Crippen LogP contribution in [0.15, 0.2) is 24.3 Å². The molecule has 0 aliphatic rings. The molecule has 1 aromatic carbocycles. The van der Waals surface area contributed by atoms with Crippen LogP contribution in [0.5, 0.6) is 0 Å². The molecule has 146 valence electrons. The second kappa shape index (κ2) is 8.48. The Morgan fingerprint density at radius 1 is 1.12 bits per heavy atom. The number of carbonyl (C=O) groups is 2. The molecule has 0 saturated carbocycles. The Kier molecular flexibility index (Phi) is 7.37. The Labute approximate surface area is 159 Å². The van der Waals surface area contributed by atoms with Crippen LogP contribution in [-0.4, -0.2) is 33.2 Å². The van der Waals surface area contributed by atoms with E-state index in [1.165, 1.54) is 5.56 Å². The Hall–Kier alpha value is -1.46. The van der Waals surface area contributed by atoms with E-state index in [0.717, 1.165) is 6.29 Å². The highest BCUT2D eigenvalue weighted by atomic mass is 28.4. The summed E-state index contributed by atoms with van der Waals surface area (Å²) in [6.07, 6.45) is 1.09. The molecule has 4 nitrogen and oxygen atoms in total. The maximum absolute atomic E-state index is 12.5. The molecule has 1 amide bonds. The fourth-order valence-corrected chi connectivity index (χ4v) is 3.25. The fraction of sp³-hybridized carbons (Fsp3) is 0.619. The Balaban J connectivity index is 2.77. The molecule has 5 heteroatoms. The summed E-state index contributed by atoms with van der Waals surface area (Å²) in [5.74, 6) is -0.170. The largest absolute Gasteiger partial charge is 0.415 e. The topological polar surface area (TPSA) is 55.4 Å². The summed E-state index contributed by atoms with van der Waals surface area (Å²) in [5.41, 5.74) is 1.83. The zero-order valence-corrected chi connectivity index (χ0v) is 18.6. The second-order valence-electron chi connectivity index (χ2n) is 9.47. The van der Waals surface area contributed by atoms with Crippen molar-refractivity contribution < 1.29 is 14.0 Å². The lowest BCUT2D eigenvalue weighted by Crippen LogP contribution is -2.46. The normalized spacial score (nSPS) is 14.0. The molecule has 26 heavy (non-hydrogen) atoms. The van der Waals surface area contributed by atoms with Crippen LogP contribution in [0.25, 0.3) is 0 Å². The van der Waals surface area contributed by atoms with Gasteiger partial charge in [-0.05, 0) is 41.2 Å². The van der Waals surface area contributed by atoms with Gasteiger partial charge >= 0.3 is 0 Å². The van der Waals surface area contributed by atoms with Crippen LogP contribution in [0.1, 0.15) is 63.9 Å². The molecule has 0 radical (unpaired) electrons. The van der Waals surface area contributed by atoms with E-state index in [1.54, 1.807) is 0 Å². The van der Waals surface area contributed by atoms with Crippen LogP contribution in [0.3, 0.4) is 0 Å². The third-order valence-corrected chi connectivity index (χ3v) is 9.68. The minimum atomic E-state index is -1.92. The molecular weight excluding hydrogens is 342 g/mol. The molecule has 0 saturated heterocycles. The van der Waals surface area contributed by atoms with Crippen molar-refractivity contribution in [3.05, 3.63) is 35.4 Å². The monoisotopic (exact) mass is 377 g/mol. The van der Waals surface area contributed by atoms with E-state index < -0.39 is 8.32 Å². The van der Waals surface area contributed by atoms with Gasteiger partial charge in [0.05, 0.1) is 12.6 Å². The molecule has 0 spiro atoms. The number of amides is 1. The molecule has 1 aromatic rings. The van der Waals surface area contributed by atoms with Gasteiger partial charge in [-0.1, -0.05) is 53.7 Å². The number of aldehydes is 1.